The lowest BCUT2D eigenvalue weighted by molar-refractivity contribution is 0.674. The third-order valence-corrected chi connectivity index (χ3v) is 6.61. The number of tetrazole rings is 1. The quantitative estimate of drug-likeness (QED) is 0.288. The van der Waals surface area contributed by atoms with Crippen LogP contribution in [0.3, 0.4) is 0 Å². The number of pyridine rings is 1. The first-order valence-corrected chi connectivity index (χ1v) is 12.4. The fourth-order valence-corrected chi connectivity index (χ4v) is 4.76. The molecule has 5 rings (SSSR count). The first kappa shape index (κ1) is 24.0. The molecule has 0 spiro atoms. The highest BCUT2D eigenvalue weighted by atomic mass is 35.5. The van der Waals surface area contributed by atoms with Gasteiger partial charge >= 0.3 is 5.69 Å². The van der Waals surface area contributed by atoms with Gasteiger partial charge in [-0.1, -0.05) is 66.9 Å². The maximum absolute atomic E-state index is 13.5. The second-order valence-corrected chi connectivity index (χ2v) is 9.19. The van der Waals surface area contributed by atoms with Crippen LogP contribution in [0.4, 0.5) is 0 Å². The largest absolute Gasteiger partial charge is 0.333 e. The van der Waals surface area contributed by atoms with Crippen LogP contribution in [0.1, 0.15) is 31.0 Å². The molecule has 36 heavy (non-hydrogen) atoms. The zero-order valence-electron chi connectivity index (χ0n) is 19.5. The minimum Gasteiger partial charge on any atom is -0.292 e. The molecule has 10 heteroatoms. The van der Waals surface area contributed by atoms with E-state index in [9.17, 15) is 4.79 Å². The maximum atomic E-state index is 13.5. The predicted molar refractivity (Wildman–Crippen MR) is 141 cm³/mol. The second-order valence-electron chi connectivity index (χ2n) is 8.38. The van der Waals surface area contributed by atoms with Crippen LogP contribution in [0, 0.1) is 0 Å². The van der Waals surface area contributed by atoms with E-state index in [-0.39, 0.29) is 5.69 Å². The van der Waals surface area contributed by atoms with Crippen LogP contribution in [0.25, 0.3) is 28.3 Å². The summed E-state index contributed by atoms with van der Waals surface area (Å²) in [6, 6.07) is 17.0. The molecule has 0 saturated heterocycles. The van der Waals surface area contributed by atoms with Gasteiger partial charge in [0.15, 0.2) is 5.82 Å². The van der Waals surface area contributed by atoms with Gasteiger partial charge in [-0.25, -0.2) is 9.89 Å². The average Bonchev–Trinajstić information content (AvgIpc) is 3.53. The van der Waals surface area contributed by atoms with E-state index in [1.54, 1.807) is 33.5 Å². The third kappa shape index (κ3) is 4.69. The third-order valence-electron chi connectivity index (χ3n) is 6.00. The zero-order chi connectivity index (χ0) is 25.1. The number of halogens is 2. The number of nitrogens with zero attached hydrogens (tertiary/aromatic N) is 6. The highest BCUT2D eigenvalue weighted by Crippen LogP contribution is 2.29. The molecule has 0 fully saturated rings. The number of benzene rings is 2. The van der Waals surface area contributed by atoms with Crippen molar-refractivity contribution in [2.45, 2.75) is 32.7 Å². The van der Waals surface area contributed by atoms with Crippen molar-refractivity contribution < 1.29 is 0 Å². The van der Waals surface area contributed by atoms with Crippen molar-refractivity contribution in [1.29, 1.82) is 0 Å². The minimum atomic E-state index is -0.176. The van der Waals surface area contributed by atoms with Crippen molar-refractivity contribution in [3.63, 3.8) is 0 Å². The molecule has 0 aliphatic carbocycles. The van der Waals surface area contributed by atoms with Gasteiger partial charge in [-0.2, -0.15) is 0 Å². The number of nitrogens with one attached hydrogen (secondary N) is 1. The second kappa shape index (κ2) is 10.5. The highest BCUT2D eigenvalue weighted by Gasteiger charge is 2.17. The van der Waals surface area contributed by atoms with Crippen LogP contribution >= 0.6 is 23.2 Å². The van der Waals surface area contributed by atoms with Crippen molar-refractivity contribution in [2.75, 3.05) is 0 Å². The van der Waals surface area contributed by atoms with Gasteiger partial charge < -0.3 is 0 Å². The molecule has 0 saturated carbocycles. The number of hydrogen-bond donors (Lipinski definition) is 1. The van der Waals surface area contributed by atoms with Crippen LogP contribution < -0.4 is 5.69 Å². The molecule has 8 nitrogen and oxygen atoms in total. The van der Waals surface area contributed by atoms with Gasteiger partial charge in [0.25, 0.3) is 0 Å². The number of hydrogen-bond acceptors (Lipinski definition) is 5. The van der Waals surface area contributed by atoms with E-state index in [1.807, 2.05) is 42.6 Å². The van der Waals surface area contributed by atoms with Gasteiger partial charge in [0, 0.05) is 29.2 Å². The van der Waals surface area contributed by atoms with Crippen molar-refractivity contribution in [1.82, 2.24) is 34.7 Å². The summed E-state index contributed by atoms with van der Waals surface area (Å²) in [5.41, 5.74) is 4.74. The Balaban J connectivity index is 1.49. The molecule has 0 aliphatic heterocycles. The molecular weight excluding hydrogens is 497 g/mol. The van der Waals surface area contributed by atoms with Gasteiger partial charge in [-0.05, 0) is 53.1 Å². The van der Waals surface area contributed by atoms with Crippen LogP contribution in [0.5, 0.6) is 0 Å². The van der Waals surface area contributed by atoms with E-state index < -0.39 is 0 Å². The molecule has 0 radical (unpaired) electrons. The zero-order valence-corrected chi connectivity index (χ0v) is 21.0. The first-order valence-electron chi connectivity index (χ1n) is 11.6. The molecule has 5 aromatic rings. The number of para-hydroxylation sites is 1. The Kier molecular flexibility index (Phi) is 6.97. The van der Waals surface area contributed by atoms with Crippen molar-refractivity contribution in [3.05, 3.63) is 98.8 Å². The van der Waals surface area contributed by atoms with Gasteiger partial charge in [-0.3, -0.25) is 14.1 Å². The Morgan fingerprint density at radius 2 is 1.78 bits per heavy atom. The van der Waals surface area contributed by atoms with E-state index >= 15 is 0 Å². The number of unbranched alkanes of at least 4 members (excludes halogenated alkanes) is 1. The van der Waals surface area contributed by atoms with Gasteiger partial charge in [0.05, 0.1) is 28.0 Å². The molecule has 0 unspecified atom stereocenters. The normalized spacial score (nSPS) is 11.2. The minimum absolute atomic E-state index is 0.176. The molecule has 1 N–H and O–H groups in total. The molecule has 0 bridgehead atoms. The summed E-state index contributed by atoms with van der Waals surface area (Å²) >= 11 is 12.8. The molecule has 3 heterocycles. The smallest absolute Gasteiger partial charge is 0.292 e. The van der Waals surface area contributed by atoms with Gasteiger partial charge in [0.1, 0.15) is 0 Å². The molecule has 3 aromatic heterocycles. The molecule has 2 aromatic carbocycles. The topological polar surface area (TPSA) is 94.3 Å². The van der Waals surface area contributed by atoms with Crippen molar-refractivity contribution in [2.24, 2.45) is 0 Å². The summed E-state index contributed by atoms with van der Waals surface area (Å²) in [6.07, 6.45) is 6.36. The van der Waals surface area contributed by atoms with E-state index in [0.29, 0.717) is 28.1 Å². The standard InChI is InChI=1S/C26H23Cl2N7O/c1-2-3-6-19-16-35(24-21(27)8-4-9-22(24)28)26(36)34(19)15-17-10-12-18(13-11-17)23-20(7-5-14-29-23)25-30-32-33-31-25/h4-5,7-14,16H,2-3,6,15H2,1H3,(H,30,31,32,33). The lowest BCUT2D eigenvalue weighted by Crippen LogP contribution is -2.25. The SMILES string of the molecule is CCCCc1cn(-c2c(Cl)cccc2Cl)c(=O)n1Cc1ccc(-c2ncccc2-c2nnn[nH]2)cc1. The van der Waals surface area contributed by atoms with Crippen molar-refractivity contribution >= 4 is 23.2 Å². The molecule has 0 amide bonds. The van der Waals surface area contributed by atoms with Crippen LogP contribution in [-0.2, 0) is 13.0 Å². The number of rotatable bonds is 8. The summed E-state index contributed by atoms with van der Waals surface area (Å²) in [6.45, 7) is 2.55. The van der Waals surface area contributed by atoms with Crippen LogP contribution in [0.2, 0.25) is 10.0 Å². The summed E-state index contributed by atoms with van der Waals surface area (Å²) in [4.78, 5) is 18.0. The Morgan fingerprint density at radius 3 is 2.47 bits per heavy atom. The molecule has 0 aliphatic rings. The number of H-pyrrole nitrogens is 1. The Morgan fingerprint density at radius 1 is 1.00 bits per heavy atom. The number of aromatic amines is 1. The maximum Gasteiger partial charge on any atom is 0.333 e. The summed E-state index contributed by atoms with van der Waals surface area (Å²) in [7, 11) is 0. The number of aromatic nitrogens is 7. The lowest BCUT2D eigenvalue weighted by atomic mass is 10.0. The molecular formula is C26H23Cl2N7O. The Bertz CT molecular complexity index is 1520. The van der Waals surface area contributed by atoms with E-state index in [1.165, 1.54) is 0 Å². The van der Waals surface area contributed by atoms with E-state index in [2.05, 4.69) is 32.5 Å². The summed E-state index contributed by atoms with van der Waals surface area (Å²) in [5, 5.41) is 15.0. The fourth-order valence-electron chi connectivity index (χ4n) is 4.18. The highest BCUT2D eigenvalue weighted by molar-refractivity contribution is 6.37. The predicted octanol–water partition coefficient (Wildman–Crippen LogP) is 5.58. The van der Waals surface area contributed by atoms with E-state index in [0.717, 1.165) is 47.3 Å². The van der Waals surface area contributed by atoms with Crippen LogP contribution in [-0.4, -0.2) is 34.7 Å². The Labute approximate surface area is 217 Å². The van der Waals surface area contributed by atoms with Gasteiger partial charge in [-0.15, -0.1) is 5.10 Å². The van der Waals surface area contributed by atoms with Crippen LogP contribution in [0.15, 0.2) is 71.8 Å². The van der Waals surface area contributed by atoms with Gasteiger partial charge in [0.2, 0.25) is 0 Å². The monoisotopic (exact) mass is 519 g/mol. The molecule has 0 atom stereocenters. The number of imidazole rings is 1. The van der Waals surface area contributed by atoms with E-state index in [4.69, 9.17) is 23.2 Å². The lowest BCUT2D eigenvalue weighted by Gasteiger charge is -2.10. The van der Waals surface area contributed by atoms with Crippen molar-refractivity contribution in [3.8, 4) is 28.3 Å². The first-order chi connectivity index (χ1) is 17.6. The fraction of sp³-hybridized carbons (Fsp3) is 0.192. The average molecular weight is 520 g/mol. The Hall–Kier alpha value is -3.75. The number of aryl methyl sites for hydroxylation is 1. The molecule has 182 valence electrons. The summed E-state index contributed by atoms with van der Waals surface area (Å²) in [5.74, 6) is 0.550. The summed E-state index contributed by atoms with van der Waals surface area (Å²) < 4.78 is 3.34.